The van der Waals surface area contributed by atoms with Crippen molar-refractivity contribution in [2.45, 2.75) is 12.3 Å². The minimum absolute atomic E-state index is 0.483. The van der Waals surface area contributed by atoms with E-state index in [9.17, 15) is 0 Å². The number of hydrogen-bond acceptors (Lipinski definition) is 2. The summed E-state index contributed by atoms with van der Waals surface area (Å²) in [5.41, 5.74) is 19.5. The maximum absolute atomic E-state index is 7.03. The van der Waals surface area contributed by atoms with Gasteiger partial charge in [0.15, 0.2) is 0 Å². The highest BCUT2D eigenvalue weighted by atomic mass is 16.3. The Morgan fingerprint density at radius 1 is 0.470 bits per heavy atom. The zero-order chi connectivity index (χ0) is 43.9. The molecule has 2 heteroatoms. The van der Waals surface area contributed by atoms with Gasteiger partial charge in [-0.3, -0.25) is 0 Å². The Kier molecular flexibility index (Phi) is 8.53. The second-order valence-corrected chi connectivity index (χ2v) is 17.6. The van der Waals surface area contributed by atoms with Crippen LogP contribution in [0, 0.1) is 0 Å². The van der Waals surface area contributed by atoms with Crippen LogP contribution in [0.2, 0.25) is 0 Å². The number of allylic oxidation sites excluding steroid dienone is 5. The molecule has 2 nitrogen and oxygen atoms in total. The van der Waals surface area contributed by atoms with Crippen molar-refractivity contribution in [3.8, 4) is 33.4 Å². The van der Waals surface area contributed by atoms with Crippen LogP contribution in [0.15, 0.2) is 247 Å². The molecule has 0 bridgehead atoms. The van der Waals surface area contributed by atoms with Gasteiger partial charge in [-0.15, -0.1) is 0 Å². The number of anilines is 3. The van der Waals surface area contributed by atoms with Gasteiger partial charge in [0, 0.05) is 22.1 Å². The molecule has 0 saturated heterocycles. The van der Waals surface area contributed by atoms with Crippen LogP contribution >= 0.6 is 0 Å². The van der Waals surface area contributed by atoms with Crippen molar-refractivity contribution in [1.29, 1.82) is 0 Å². The topological polar surface area (TPSA) is 16.4 Å². The summed E-state index contributed by atoms with van der Waals surface area (Å²) in [5.74, 6) is 0. The van der Waals surface area contributed by atoms with E-state index in [1.807, 2.05) is 6.08 Å². The fourth-order valence-corrected chi connectivity index (χ4v) is 11.5. The Morgan fingerprint density at radius 3 is 1.91 bits per heavy atom. The molecule has 0 saturated carbocycles. The number of furan rings is 1. The van der Waals surface area contributed by atoms with Gasteiger partial charge in [-0.1, -0.05) is 195 Å². The highest BCUT2D eigenvalue weighted by molar-refractivity contribution is 6.23. The van der Waals surface area contributed by atoms with Crippen LogP contribution in [0.25, 0.3) is 82.4 Å². The van der Waals surface area contributed by atoms with Crippen molar-refractivity contribution >= 4 is 66.1 Å². The van der Waals surface area contributed by atoms with Gasteiger partial charge in [-0.05, 0) is 132 Å². The molecule has 2 aliphatic rings. The van der Waals surface area contributed by atoms with Crippen molar-refractivity contribution in [1.82, 2.24) is 0 Å². The van der Waals surface area contributed by atoms with Gasteiger partial charge in [0.05, 0.1) is 16.5 Å². The number of fused-ring (bicyclic) bond motifs is 13. The molecule has 2 aliphatic carbocycles. The fraction of sp³-hybridized carbons (Fsp3) is 0.0312. The van der Waals surface area contributed by atoms with Gasteiger partial charge in [-0.2, -0.15) is 0 Å². The van der Waals surface area contributed by atoms with E-state index in [1.54, 1.807) is 0 Å². The molecule has 0 amide bonds. The van der Waals surface area contributed by atoms with E-state index in [-0.39, 0.29) is 0 Å². The van der Waals surface area contributed by atoms with E-state index in [4.69, 9.17) is 4.42 Å². The van der Waals surface area contributed by atoms with Crippen LogP contribution < -0.4 is 4.90 Å². The molecular weight excluding hydrogens is 799 g/mol. The van der Waals surface area contributed by atoms with Gasteiger partial charge in [-0.25, -0.2) is 0 Å². The summed E-state index contributed by atoms with van der Waals surface area (Å²) in [6.45, 7) is 6.37. The van der Waals surface area contributed by atoms with Crippen molar-refractivity contribution in [3.05, 3.63) is 265 Å². The summed E-state index contributed by atoms with van der Waals surface area (Å²) < 4.78 is 7.03. The highest BCUT2D eigenvalue weighted by Gasteiger charge is 2.51. The zero-order valence-electron chi connectivity index (χ0n) is 36.5. The molecule has 1 unspecified atom stereocenters. The van der Waals surface area contributed by atoms with Crippen LogP contribution in [0.5, 0.6) is 0 Å². The number of hydrogen-bond donors (Lipinski definition) is 0. The third-order valence-corrected chi connectivity index (χ3v) is 14.3. The lowest BCUT2D eigenvalue weighted by molar-refractivity contribution is 0.672. The van der Waals surface area contributed by atoms with Crippen LogP contribution in [-0.2, 0) is 5.41 Å². The zero-order valence-corrected chi connectivity index (χ0v) is 36.5. The third kappa shape index (κ3) is 5.42. The molecule has 13 rings (SSSR count). The monoisotopic (exact) mass is 841 g/mol. The normalized spacial score (nSPS) is 15.0. The summed E-state index contributed by atoms with van der Waals surface area (Å²) in [6.07, 6.45) is 6.18. The average molecular weight is 842 g/mol. The molecule has 1 spiro atoms. The summed E-state index contributed by atoms with van der Waals surface area (Å²) in [6, 6.07) is 77.7. The molecular formula is C64H43NO. The van der Waals surface area contributed by atoms with E-state index >= 15 is 0 Å². The molecule has 0 N–H and O–H groups in total. The maximum atomic E-state index is 7.03. The molecule has 0 fully saturated rings. The van der Waals surface area contributed by atoms with Crippen molar-refractivity contribution in [3.63, 3.8) is 0 Å². The lowest BCUT2D eigenvalue weighted by atomic mass is 9.70. The molecule has 1 heterocycles. The lowest BCUT2D eigenvalue weighted by Crippen LogP contribution is -2.26. The van der Waals surface area contributed by atoms with Gasteiger partial charge < -0.3 is 9.32 Å². The molecule has 66 heavy (non-hydrogen) atoms. The van der Waals surface area contributed by atoms with Crippen molar-refractivity contribution in [2.75, 3.05) is 4.90 Å². The smallest absolute Gasteiger partial charge is 0.143 e. The standard InChI is InChI=1S/C64H43NO/c1-3-4-22-47-41(2)64(57-29-14-12-25-51(47)57)58-30-15-13-26-52(58)53-38-37-46(39-59(53)64)65(45-35-33-43(34-36-45)42-18-6-5-7-19-42)60-31-17-32-61-62(60)56-40-55(50-24-10-11-27-54(50)63(56)66-61)49-28-16-21-44-20-8-9-23-48(44)49/h3-40H,1H2,2H3/b22-4-. The second kappa shape index (κ2) is 14.8. The predicted molar refractivity (Wildman–Crippen MR) is 278 cm³/mol. The first kappa shape index (κ1) is 38.0. The predicted octanol–water partition coefficient (Wildman–Crippen LogP) is 17.5. The molecule has 11 aromatic rings. The fourth-order valence-electron chi connectivity index (χ4n) is 11.5. The largest absolute Gasteiger partial charge is 0.455 e. The molecule has 1 atom stereocenters. The van der Waals surface area contributed by atoms with E-state index in [1.165, 1.54) is 82.9 Å². The summed E-state index contributed by atoms with van der Waals surface area (Å²) in [7, 11) is 0. The van der Waals surface area contributed by atoms with Gasteiger partial charge >= 0.3 is 0 Å². The minimum Gasteiger partial charge on any atom is -0.455 e. The van der Waals surface area contributed by atoms with Gasteiger partial charge in [0.25, 0.3) is 0 Å². The molecule has 0 aliphatic heterocycles. The molecule has 1 aromatic heterocycles. The van der Waals surface area contributed by atoms with E-state index in [0.717, 1.165) is 44.4 Å². The van der Waals surface area contributed by atoms with Gasteiger partial charge in [0.1, 0.15) is 11.2 Å². The Bertz CT molecular complexity index is 3840. The maximum Gasteiger partial charge on any atom is 0.143 e. The average Bonchev–Trinajstić information content (AvgIpc) is 3.99. The SMILES string of the molecule is C=C/C=C\C1=C(C)C2(c3ccccc31)c1ccccc1-c1ccc(N(c3ccc(-c4ccccc4)cc3)c3cccc4oc5c6ccccc6c(-c6cccc7ccccc67)cc5c34)cc12. The first-order valence-electron chi connectivity index (χ1n) is 22.8. The Labute approximate surface area is 384 Å². The van der Waals surface area contributed by atoms with Crippen LogP contribution in [-0.4, -0.2) is 0 Å². The third-order valence-electron chi connectivity index (χ3n) is 14.3. The summed E-state index contributed by atoms with van der Waals surface area (Å²) in [4.78, 5) is 2.45. The second-order valence-electron chi connectivity index (χ2n) is 17.6. The van der Waals surface area contributed by atoms with Crippen molar-refractivity contribution in [2.24, 2.45) is 0 Å². The molecule has 310 valence electrons. The Hall–Kier alpha value is -8.46. The molecule has 10 aromatic carbocycles. The highest BCUT2D eigenvalue weighted by Crippen LogP contribution is 2.62. The summed E-state index contributed by atoms with van der Waals surface area (Å²) >= 11 is 0. The number of rotatable bonds is 7. The quantitative estimate of drug-likeness (QED) is 0.149. The first-order valence-corrected chi connectivity index (χ1v) is 22.8. The minimum atomic E-state index is -0.483. The first-order chi connectivity index (χ1) is 32.6. The lowest BCUT2D eigenvalue weighted by Gasteiger charge is -2.33. The van der Waals surface area contributed by atoms with Gasteiger partial charge in [0.2, 0.25) is 0 Å². The van der Waals surface area contributed by atoms with E-state index in [2.05, 4.69) is 243 Å². The number of nitrogens with zero attached hydrogens (tertiary/aromatic N) is 1. The summed E-state index contributed by atoms with van der Waals surface area (Å²) in [5, 5.41) is 6.87. The Morgan fingerprint density at radius 2 is 1.09 bits per heavy atom. The van der Waals surface area contributed by atoms with E-state index in [0.29, 0.717) is 0 Å². The number of benzene rings is 10. The Balaban J connectivity index is 1.10. The van der Waals surface area contributed by atoms with E-state index < -0.39 is 5.41 Å². The van der Waals surface area contributed by atoms with Crippen LogP contribution in [0.4, 0.5) is 17.1 Å². The van der Waals surface area contributed by atoms with Crippen LogP contribution in [0.3, 0.4) is 0 Å². The van der Waals surface area contributed by atoms with Crippen LogP contribution in [0.1, 0.15) is 29.2 Å². The van der Waals surface area contributed by atoms with Crippen molar-refractivity contribution < 1.29 is 4.42 Å². The molecule has 0 radical (unpaired) electrons.